The van der Waals surface area contributed by atoms with Crippen molar-refractivity contribution in [2.24, 2.45) is 0 Å². The molecule has 0 saturated heterocycles. The van der Waals surface area contributed by atoms with Crippen LogP contribution in [0.4, 0.5) is 0 Å². The first-order chi connectivity index (χ1) is 14.0. The van der Waals surface area contributed by atoms with E-state index in [9.17, 15) is 9.59 Å². The van der Waals surface area contributed by atoms with Crippen molar-refractivity contribution < 1.29 is 28.5 Å². The molecule has 0 aliphatic carbocycles. The zero-order chi connectivity index (χ0) is 20.8. The van der Waals surface area contributed by atoms with Crippen molar-refractivity contribution in [3.05, 3.63) is 53.1 Å². The molecule has 0 radical (unpaired) electrons. The van der Waals surface area contributed by atoms with Crippen molar-refractivity contribution in [2.45, 2.75) is 33.0 Å². The molecule has 1 aliphatic rings. The van der Waals surface area contributed by atoms with Crippen LogP contribution in [0.1, 0.15) is 35.3 Å². The van der Waals surface area contributed by atoms with Crippen LogP contribution in [0.25, 0.3) is 0 Å². The van der Waals surface area contributed by atoms with Crippen LogP contribution in [0, 0.1) is 0 Å². The number of nitrogens with one attached hydrogen (secondary N) is 1. The van der Waals surface area contributed by atoms with E-state index < -0.39 is 5.97 Å². The molecule has 2 aromatic rings. The topological polar surface area (TPSA) is 83.1 Å². The van der Waals surface area contributed by atoms with Crippen LogP contribution >= 0.6 is 0 Å². The van der Waals surface area contributed by atoms with E-state index in [0.29, 0.717) is 23.7 Å². The summed E-state index contributed by atoms with van der Waals surface area (Å²) in [6.07, 6.45) is 0.942. The minimum absolute atomic E-state index is 0.0393. The summed E-state index contributed by atoms with van der Waals surface area (Å²) >= 11 is 0. The number of hydrogen-bond acceptors (Lipinski definition) is 6. The Hall–Kier alpha value is -3.22. The van der Waals surface area contributed by atoms with Crippen LogP contribution < -0.4 is 19.5 Å². The van der Waals surface area contributed by atoms with Gasteiger partial charge in [0.25, 0.3) is 5.91 Å². The molecular formula is C22H25NO6. The van der Waals surface area contributed by atoms with Crippen LogP contribution in [0.5, 0.6) is 17.2 Å². The Morgan fingerprint density at radius 2 is 1.97 bits per heavy atom. The largest absolute Gasteiger partial charge is 0.497 e. The lowest BCUT2D eigenvalue weighted by Gasteiger charge is -2.13. The number of amides is 1. The number of benzene rings is 2. The lowest BCUT2D eigenvalue weighted by atomic mass is 10.1. The summed E-state index contributed by atoms with van der Waals surface area (Å²) in [6.45, 7) is 4.22. The van der Waals surface area contributed by atoms with Crippen LogP contribution in [0.15, 0.2) is 36.4 Å². The Bertz CT molecular complexity index is 878. The fourth-order valence-corrected chi connectivity index (χ4v) is 3.09. The molecule has 154 valence electrons. The van der Waals surface area contributed by atoms with Crippen LogP contribution in [-0.2, 0) is 22.6 Å². The van der Waals surface area contributed by atoms with Gasteiger partial charge in [0.1, 0.15) is 36.5 Å². The average Bonchev–Trinajstić information content (AvgIpc) is 3.09. The molecular weight excluding hydrogens is 374 g/mol. The molecule has 1 amide bonds. The van der Waals surface area contributed by atoms with Gasteiger partial charge in [0, 0.05) is 23.1 Å². The van der Waals surface area contributed by atoms with Crippen LogP contribution in [0.2, 0.25) is 0 Å². The average molecular weight is 399 g/mol. The monoisotopic (exact) mass is 399 g/mol. The molecule has 0 bridgehead atoms. The maximum atomic E-state index is 12.1. The third-order valence-electron chi connectivity index (χ3n) is 4.51. The highest BCUT2D eigenvalue weighted by Gasteiger charge is 2.22. The number of carbonyl (C=O) groups excluding carboxylic acids is 2. The van der Waals surface area contributed by atoms with E-state index in [1.54, 1.807) is 31.4 Å². The van der Waals surface area contributed by atoms with Gasteiger partial charge in [-0.3, -0.25) is 9.59 Å². The van der Waals surface area contributed by atoms with Gasteiger partial charge in [-0.15, -0.1) is 0 Å². The minimum atomic E-state index is -0.538. The second kappa shape index (κ2) is 9.32. The maximum absolute atomic E-state index is 12.1. The molecule has 1 aliphatic heterocycles. The Balaban J connectivity index is 1.55. The molecule has 1 atom stereocenters. The van der Waals surface area contributed by atoms with Gasteiger partial charge < -0.3 is 24.3 Å². The highest BCUT2D eigenvalue weighted by atomic mass is 16.5. The summed E-state index contributed by atoms with van der Waals surface area (Å²) in [6, 6.07) is 10.4. The summed E-state index contributed by atoms with van der Waals surface area (Å²) in [5.41, 5.74) is 2.25. The van der Waals surface area contributed by atoms with Crippen LogP contribution in [-0.4, -0.2) is 38.2 Å². The van der Waals surface area contributed by atoms with Crippen molar-refractivity contribution >= 4 is 11.9 Å². The molecule has 1 unspecified atom stereocenters. The highest BCUT2D eigenvalue weighted by molar-refractivity contribution is 5.96. The van der Waals surface area contributed by atoms with E-state index in [1.165, 1.54) is 0 Å². The number of ether oxygens (including phenoxy) is 4. The molecule has 2 aromatic carbocycles. The summed E-state index contributed by atoms with van der Waals surface area (Å²) in [5.74, 6) is 1.22. The van der Waals surface area contributed by atoms with Gasteiger partial charge >= 0.3 is 5.97 Å². The number of carbonyl (C=O) groups is 2. The van der Waals surface area contributed by atoms with Gasteiger partial charge in [-0.1, -0.05) is 0 Å². The molecule has 7 heteroatoms. The van der Waals surface area contributed by atoms with E-state index in [2.05, 4.69) is 5.32 Å². The highest BCUT2D eigenvalue weighted by Crippen LogP contribution is 2.35. The number of fused-ring (bicyclic) bond motifs is 1. The Labute approximate surface area is 169 Å². The summed E-state index contributed by atoms with van der Waals surface area (Å²) in [7, 11) is 1.55. The maximum Gasteiger partial charge on any atom is 0.325 e. The minimum Gasteiger partial charge on any atom is -0.497 e. The van der Waals surface area contributed by atoms with E-state index in [1.807, 2.05) is 26.0 Å². The number of rotatable bonds is 8. The number of hydrogen-bond donors (Lipinski definition) is 1. The Morgan fingerprint density at radius 1 is 1.21 bits per heavy atom. The second-order valence-corrected chi connectivity index (χ2v) is 6.71. The zero-order valence-corrected chi connectivity index (χ0v) is 16.8. The van der Waals surface area contributed by atoms with Crippen molar-refractivity contribution in [1.82, 2.24) is 5.32 Å². The lowest BCUT2D eigenvalue weighted by Crippen LogP contribution is -2.30. The van der Waals surface area contributed by atoms with E-state index >= 15 is 0 Å². The van der Waals surface area contributed by atoms with Gasteiger partial charge in [-0.05, 0) is 50.2 Å². The molecule has 0 spiro atoms. The normalized spacial score (nSPS) is 14.5. The fraction of sp³-hybridized carbons (Fsp3) is 0.364. The van der Waals surface area contributed by atoms with E-state index in [0.717, 1.165) is 23.3 Å². The van der Waals surface area contributed by atoms with Gasteiger partial charge in [-0.25, -0.2) is 0 Å². The third-order valence-corrected chi connectivity index (χ3v) is 4.51. The first-order valence-electron chi connectivity index (χ1n) is 9.53. The number of esters is 1. The molecule has 29 heavy (non-hydrogen) atoms. The molecule has 1 N–H and O–H groups in total. The SMILES string of the molecule is CCOc1cc2c(cc1COC(=O)CNC(=O)c1ccc(OC)cc1)OC(C)C2. The molecule has 0 saturated carbocycles. The summed E-state index contributed by atoms with van der Waals surface area (Å²) in [4.78, 5) is 24.2. The number of methoxy groups -OCH3 is 1. The summed E-state index contributed by atoms with van der Waals surface area (Å²) < 4.78 is 21.8. The second-order valence-electron chi connectivity index (χ2n) is 6.71. The van der Waals surface area contributed by atoms with Gasteiger partial charge in [-0.2, -0.15) is 0 Å². The molecule has 7 nitrogen and oxygen atoms in total. The Kier molecular flexibility index (Phi) is 6.59. The van der Waals surface area contributed by atoms with Crippen molar-refractivity contribution in [3.8, 4) is 17.2 Å². The Morgan fingerprint density at radius 3 is 2.66 bits per heavy atom. The predicted molar refractivity (Wildman–Crippen MR) is 107 cm³/mol. The smallest absolute Gasteiger partial charge is 0.325 e. The summed E-state index contributed by atoms with van der Waals surface area (Å²) in [5, 5.41) is 2.55. The quantitative estimate of drug-likeness (QED) is 0.688. The third kappa shape index (κ3) is 5.19. The van der Waals surface area contributed by atoms with E-state index in [-0.39, 0.29) is 25.2 Å². The predicted octanol–water partition coefficient (Wildman–Crippen LogP) is 2.89. The lowest BCUT2D eigenvalue weighted by molar-refractivity contribution is -0.143. The van der Waals surface area contributed by atoms with Gasteiger partial charge in [0.2, 0.25) is 0 Å². The molecule has 1 heterocycles. The molecule has 0 fully saturated rings. The van der Waals surface area contributed by atoms with Crippen LogP contribution in [0.3, 0.4) is 0 Å². The van der Waals surface area contributed by atoms with Crippen molar-refractivity contribution in [2.75, 3.05) is 20.3 Å². The first kappa shape index (κ1) is 20.5. The first-order valence-corrected chi connectivity index (χ1v) is 9.53. The van der Waals surface area contributed by atoms with Crippen molar-refractivity contribution in [1.29, 1.82) is 0 Å². The fourth-order valence-electron chi connectivity index (χ4n) is 3.09. The van der Waals surface area contributed by atoms with Gasteiger partial charge in [0.05, 0.1) is 13.7 Å². The van der Waals surface area contributed by atoms with Crippen molar-refractivity contribution in [3.63, 3.8) is 0 Å². The van der Waals surface area contributed by atoms with E-state index in [4.69, 9.17) is 18.9 Å². The zero-order valence-electron chi connectivity index (χ0n) is 16.8. The van der Waals surface area contributed by atoms with Gasteiger partial charge in [0.15, 0.2) is 0 Å². The molecule has 0 aromatic heterocycles. The standard InChI is InChI=1S/C22H25NO6/c1-4-27-19-10-16-9-14(2)29-20(16)11-17(19)13-28-21(24)12-23-22(25)15-5-7-18(26-3)8-6-15/h5-8,10-11,14H,4,9,12-13H2,1-3H3,(H,23,25). The molecule has 3 rings (SSSR count).